The van der Waals surface area contributed by atoms with E-state index in [2.05, 4.69) is 0 Å². The van der Waals surface area contributed by atoms with E-state index in [1.807, 2.05) is 12.1 Å². The predicted octanol–water partition coefficient (Wildman–Crippen LogP) is 2.93. The Morgan fingerprint density at radius 2 is 2.23 bits per heavy atom. The number of rotatable bonds is 1. The van der Waals surface area contributed by atoms with Crippen molar-refractivity contribution in [1.29, 1.82) is 0 Å². The van der Waals surface area contributed by atoms with E-state index in [0.717, 1.165) is 15.6 Å². The Labute approximate surface area is 84.6 Å². The Balaban J connectivity index is 2.78. The molecule has 2 nitrogen and oxygen atoms in total. The van der Waals surface area contributed by atoms with E-state index in [9.17, 15) is 5.11 Å². The zero-order chi connectivity index (χ0) is 9.42. The van der Waals surface area contributed by atoms with Crippen LogP contribution < -0.4 is 5.73 Å². The van der Waals surface area contributed by atoms with E-state index < -0.39 is 0 Å². The largest absolute Gasteiger partial charge is 0.499 e. The van der Waals surface area contributed by atoms with E-state index in [1.54, 1.807) is 6.07 Å². The highest BCUT2D eigenvalue weighted by molar-refractivity contribution is 7.21. The number of hydrogen-bond acceptors (Lipinski definition) is 3. The second-order valence-electron chi connectivity index (χ2n) is 2.77. The highest BCUT2D eigenvalue weighted by Gasteiger charge is 2.06. The van der Waals surface area contributed by atoms with Gasteiger partial charge in [-0.2, -0.15) is 0 Å². The van der Waals surface area contributed by atoms with Gasteiger partial charge in [0.2, 0.25) is 0 Å². The second kappa shape index (κ2) is 3.09. The highest BCUT2D eigenvalue weighted by atomic mass is 35.5. The molecule has 0 aliphatic heterocycles. The van der Waals surface area contributed by atoms with Crippen LogP contribution in [0.4, 0.5) is 5.69 Å². The maximum absolute atomic E-state index is 9.27. The standard InChI is InChI=1S/C9H8ClNOS/c10-4-6-2-1-5-3-7(12)13-9(5)8(6)11/h1-3,12H,4,11H2. The average Bonchev–Trinajstić information content (AvgIpc) is 2.47. The minimum Gasteiger partial charge on any atom is -0.499 e. The summed E-state index contributed by atoms with van der Waals surface area (Å²) in [6.45, 7) is 0. The first-order valence-electron chi connectivity index (χ1n) is 3.78. The van der Waals surface area contributed by atoms with Gasteiger partial charge in [-0.1, -0.05) is 23.5 Å². The van der Waals surface area contributed by atoms with Gasteiger partial charge in [0.15, 0.2) is 5.06 Å². The van der Waals surface area contributed by atoms with Crippen molar-refractivity contribution in [3.05, 3.63) is 23.8 Å². The summed E-state index contributed by atoms with van der Waals surface area (Å²) in [5.41, 5.74) is 7.45. The highest BCUT2D eigenvalue weighted by Crippen LogP contribution is 2.36. The lowest BCUT2D eigenvalue weighted by atomic mass is 10.1. The van der Waals surface area contributed by atoms with Gasteiger partial charge in [-0.3, -0.25) is 0 Å². The molecule has 2 aromatic rings. The van der Waals surface area contributed by atoms with E-state index in [1.165, 1.54) is 11.3 Å². The Morgan fingerprint density at radius 1 is 1.46 bits per heavy atom. The normalized spacial score (nSPS) is 10.8. The number of benzene rings is 1. The van der Waals surface area contributed by atoms with E-state index in [0.29, 0.717) is 11.6 Å². The molecule has 0 atom stereocenters. The number of hydrogen-bond donors (Lipinski definition) is 2. The van der Waals surface area contributed by atoms with Crippen molar-refractivity contribution in [2.45, 2.75) is 5.88 Å². The number of anilines is 1. The van der Waals surface area contributed by atoms with Gasteiger partial charge < -0.3 is 10.8 Å². The summed E-state index contributed by atoms with van der Waals surface area (Å²) in [6.07, 6.45) is 0. The summed E-state index contributed by atoms with van der Waals surface area (Å²) in [7, 11) is 0. The zero-order valence-electron chi connectivity index (χ0n) is 6.75. The number of aromatic hydroxyl groups is 1. The van der Waals surface area contributed by atoms with Gasteiger partial charge in [-0.05, 0) is 17.0 Å². The molecule has 0 saturated heterocycles. The SMILES string of the molecule is Nc1c(CCl)ccc2cc(O)sc12. The second-order valence-corrected chi connectivity index (χ2v) is 4.07. The van der Waals surface area contributed by atoms with Crippen LogP contribution in [0.15, 0.2) is 18.2 Å². The van der Waals surface area contributed by atoms with Gasteiger partial charge in [0, 0.05) is 5.88 Å². The Hall–Kier alpha value is -0.930. The van der Waals surface area contributed by atoms with Gasteiger partial charge >= 0.3 is 0 Å². The summed E-state index contributed by atoms with van der Waals surface area (Å²) >= 11 is 6.98. The zero-order valence-corrected chi connectivity index (χ0v) is 8.32. The minimum atomic E-state index is 0.286. The third kappa shape index (κ3) is 1.34. The molecule has 0 radical (unpaired) electrons. The van der Waals surface area contributed by atoms with Crippen molar-refractivity contribution >= 4 is 38.7 Å². The van der Waals surface area contributed by atoms with Crippen LogP contribution in [0.2, 0.25) is 0 Å². The fourth-order valence-electron chi connectivity index (χ4n) is 1.27. The molecule has 1 aromatic heterocycles. The van der Waals surface area contributed by atoms with Crippen LogP contribution in [0.3, 0.4) is 0 Å². The molecule has 13 heavy (non-hydrogen) atoms. The molecule has 1 aromatic carbocycles. The number of fused-ring (bicyclic) bond motifs is 1. The molecule has 0 bridgehead atoms. The molecule has 2 rings (SSSR count). The maximum atomic E-state index is 9.27. The van der Waals surface area contributed by atoms with Crippen molar-refractivity contribution in [1.82, 2.24) is 0 Å². The van der Waals surface area contributed by atoms with Gasteiger partial charge in [0.05, 0.1) is 10.4 Å². The molecule has 3 N–H and O–H groups in total. The Morgan fingerprint density at radius 3 is 2.92 bits per heavy atom. The molecule has 0 spiro atoms. The number of nitrogens with two attached hydrogens (primary N) is 1. The lowest BCUT2D eigenvalue weighted by Crippen LogP contribution is -1.90. The topological polar surface area (TPSA) is 46.2 Å². The molecular formula is C9H8ClNOS. The molecule has 0 unspecified atom stereocenters. The molecule has 0 fully saturated rings. The predicted molar refractivity (Wildman–Crippen MR) is 57.5 cm³/mol. The third-order valence-electron chi connectivity index (χ3n) is 1.95. The summed E-state index contributed by atoms with van der Waals surface area (Å²) in [5, 5.41) is 10.5. The first-order valence-corrected chi connectivity index (χ1v) is 5.13. The lowest BCUT2D eigenvalue weighted by Gasteiger charge is -2.01. The van der Waals surface area contributed by atoms with Crippen LogP contribution in [0.25, 0.3) is 10.1 Å². The van der Waals surface area contributed by atoms with Crippen LogP contribution in [0, 0.1) is 0 Å². The van der Waals surface area contributed by atoms with E-state index >= 15 is 0 Å². The van der Waals surface area contributed by atoms with Gasteiger partial charge in [-0.25, -0.2) is 0 Å². The minimum absolute atomic E-state index is 0.286. The fraction of sp³-hybridized carbons (Fsp3) is 0.111. The van der Waals surface area contributed by atoms with Crippen LogP contribution in [-0.2, 0) is 5.88 Å². The number of nitrogen functional groups attached to an aromatic ring is 1. The molecular weight excluding hydrogens is 206 g/mol. The van der Waals surface area contributed by atoms with Crippen LogP contribution >= 0.6 is 22.9 Å². The van der Waals surface area contributed by atoms with Crippen LogP contribution in [0.1, 0.15) is 5.56 Å². The first-order chi connectivity index (χ1) is 6.22. The summed E-state index contributed by atoms with van der Waals surface area (Å²) in [6, 6.07) is 5.50. The smallest absolute Gasteiger partial charge is 0.172 e. The van der Waals surface area contributed by atoms with Crippen molar-refractivity contribution in [3.63, 3.8) is 0 Å². The van der Waals surface area contributed by atoms with Crippen molar-refractivity contribution < 1.29 is 5.11 Å². The van der Waals surface area contributed by atoms with Gasteiger partial charge in [-0.15, -0.1) is 11.6 Å². The van der Waals surface area contributed by atoms with E-state index in [-0.39, 0.29) is 5.06 Å². The summed E-state index contributed by atoms with van der Waals surface area (Å²) < 4.78 is 0.913. The molecule has 0 aliphatic rings. The number of thiophene rings is 1. The number of halogens is 1. The molecule has 68 valence electrons. The maximum Gasteiger partial charge on any atom is 0.172 e. The average molecular weight is 214 g/mol. The molecule has 0 amide bonds. The summed E-state index contributed by atoms with van der Waals surface area (Å²) in [5.74, 6) is 0.403. The first kappa shape index (κ1) is 8.66. The third-order valence-corrected chi connectivity index (χ3v) is 3.22. The van der Waals surface area contributed by atoms with Crippen molar-refractivity contribution in [2.75, 3.05) is 5.73 Å². The lowest BCUT2D eigenvalue weighted by molar-refractivity contribution is 0.491. The van der Waals surface area contributed by atoms with Crippen LogP contribution in [0.5, 0.6) is 5.06 Å². The quantitative estimate of drug-likeness (QED) is 0.565. The fourth-order valence-corrected chi connectivity index (χ4v) is 2.38. The van der Waals surface area contributed by atoms with Gasteiger partial charge in [0.1, 0.15) is 0 Å². The Kier molecular flexibility index (Phi) is 2.06. The molecule has 0 aliphatic carbocycles. The molecule has 0 saturated carbocycles. The van der Waals surface area contributed by atoms with Crippen molar-refractivity contribution in [3.8, 4) is 5.06 Å². The van der Waals surface area contributed by atoms with E-state index in [4.69, 9.17) is 17.3 Å². The van der Waals surface area contributed by atoms with Gasteiger partial charge in [0.25, 0.3) is 0 Å². The molecule has 1 heterocycles. The number of alkyl halides is 1. The summed E-state index contributed by atoms with van der Waals surface area (Å²) in [4.78, 5) is 0. The van der Waals surface area contributed by atoms with Crippen LogP contribution in [-0.4, -0.2) is 5.11 Å². The Bertz CT molecular complexity index is 452. The molecule has 4 heteroatoms. The monoisotopic (exact) mass is 213 g/mol. The van der Waals surface area contributed by atoms with Crippen molar-refractivity contribution in [2.24, 2.45) is 0 Å².